The van der Waals surface area contributed by atoms with Gasteiger partial charge >= 0.3 is 0 Å². The average Bonchev–Trinajstić information content (AvgIpc) is 2.65. The summed E-state index contributed by atoms with van der Waals surface area (Å²) < 4.78 is 30.3. The van der Waals surface area contributed by atoms with E-state index in [-0.39, 0.29) is 22.6 Å². The molecule has 0 spiro atoms. The van der Waals surface area contributed by atoms with Crippen LogP contribution in [0.1, 0.15) is 39.0 Å². The third kappa shape index (κ3) is 2.13. The second-order valence-electron chi connectivity index (χ2n) is 4.98. The molecule has 16 heavy (non-hydrogen) atoms. The van der Waals surface area contributed by atoms with Crippen LogP contribution in [0, 0.1) is 0 Å². The van der Waals surface area contributed by atoms with Crippen molar-refractivity contribution in [2.45, 2.75) is 61.7 Å². The highest BCUT2D eigenvalue weighted by Crippen LogP contribution is 2.31. The maximum absolute atomic E-state index is 12.4. The lowest BCUT2D eigenvalue weighted by Gasteiger charge is -2.31. The van der Waals surface area contributed by atoms with Crippen LogP contribution in [0.5, 0.6) is 0 Å². The molecule has 94 valence electrons. The first-order valence-corrected chi connectivity index (χ1v) is 7.74. The monoisotopic (exact) mass is 247 g/mol. The summed E-state index contributed by atoms with van der Waals surface area (Å²) in [5, 5.41) is -0.669. The van der Waals surface area contributed by atoms with E-state index in [1.807, 2.05) is 6.92 Å². The molecule has 1 saturated carbocycles. The summed E-state index contributed by atoms with van der Waals surface area (Å²) in [6.45, 7) is 2.41. The molecule has 0 aromatic heterocycles. The van der Waals surface area contributed by atoms with Crippen LogP contribution in [-0.2, 0) is 14.6 Å². The predicted molar refractivity (Wildman–Crippen MR) is 63.0 cm³/mol. The van der Waals surface area contributed by atoms with Gasteiger partial charge in [0.15, 0.2) is 9.84 Å². The van der Waals surface area contributed by atoms with Gasteiger partial charge in [-0.1, -0.05) is 12.8 Å². The van der Waals surface area contributed by atoms with Crippen LogP contribution < -0.4 is 5.73 Å². The number of sulfone groups is 1. The molecule has 0 bridgehead atoms. The van der Waals surface area contributed by atoms with Crippen molar-refractivity contribution in [2.24, 2.45) is 5.73 Å². The Bertz CT molecular complexity index is 341. The quantitative estimate of drug-likeness (QED) is 0.785. The van der Waals surface area contributed by atoms with Gasteiger partial charge in [-0.25, -0.2) is 8.42 Å². The fourth-order valence-electron chi connectivity index (χ4n) is 2.90. The second-order valence-corrected chi connectivity index (χ2v) is 7.37. The minimum atomic E-state index is -3.11. The molecule has 5 heteroatoms. The Balaban J connectivity index is 2.17. The molecule has 1 aliphatic carbocycles. The molecule has 0 amide bonds. The molecule has 0 aromatic carbocycles. The van der Waals surface area contributed by atoms with E-state index < -0.39 is 9.84 Å². The van der Waals surface area contributed by atoms with Crippen LogP contribution in [0.4, 0.5) is 0 Å². The minimum Gasteiger partial charge on any atom is -0.377 e. The molecule has 2 fully saturated rings. The normalized spacial score (nSPS) is 41.1. The molecule has 4 atom stereocenters. The second kappa shape index (κ2) is 4.63. The van der Waals surface area contributed by atoms with E-state index in [9.17, 15) is 8.42 Å². The highest BCUT2D eigenvalue weighted by molar-refractivity contribution is 7.92. The van der Waals surface area contributed by atoms with Gasteiger partial charge in [-0.2, -0.15) is 0 Å². The zero-order valence-corrected chi connectivity index (χ0v) is 10.6. The average molecular weight is 247 g/mol. The van der Waals surface area contributed by atoms with Crippen molar-refractivity contribution in [3.8, 4) is 0 Å². The van der Waals surface area contributed by atoms with Gasteiger partial charge in [0.05, 0.1) is 16.6 Å². The van der Waals surface area contributed by atoms with Gasteiger partial charge in [-0.05, 0) is 26.2 Å². The first kappa shape index (κ1) is 12.3. The van der Waals surface area contributed by atoms with Crippen LogP contribution in [0.25, 0.3) is 0 Å². The SMILES string of the molecule is CC1OCCC1S(=O)(=O)C1CCCCC1N. The highest BCUT2D eigenvalue weighted by Gasteiger charge is 2.43. The molecule has 1 aliphatic heterocycles. The fraction of sp³-hybridized carbons (Fsp3) is 1.00. The van der Waals surface area contributed by atoms with Crippen LogP contribution in [0.2, 0.25) is 0 Å². The van der Waals surface area contributed by atoms with E-state index >= 15 is 0 Å². The van der Waals surface area contributed by atoms with Crippen molar-refractivity contribution in [1.82, 2.24) is 0 Å². The smallest absolute Gasteiger partial charge is 0.160 e. The Kier molecular flexibility index (Phi) is 3.56. The van der Waals surface area contributed by atoms with Crippen molar-refractivity contribution in [2.75, 3.05) is 6.61 Å². The summed E-state index contributed by atoms with van der Waals surface area (Å²) in [7, 11) is -3.11. The van der Waals surface area contributed by atoms with Crippen molar-refractivity contribution in [3.05, 3.63) is 0 Å². The Morgan fingerprint density at radius 3 is 2.38 bits per heavy atom. The van der Waals surface area contributed by atoms with Crippen molar-refractivity contribution in [3.63, 3.8) is 0 Å². The summed E-state index contributed by atoms with van der Waals surface area (Å²) in [5.41, 5.74) is 5.96. The molecule has 2 rings (SSSR count). The highest BCUT2D eigenvalue weighted by atomic mass is 32.2. The van der Waals surface area contributed by atoms with Gasteiger partial charge in [0.2, 0.25) is 0 Å². The molecule has 1 saturated heterocycles. The Hall–Kier alpha value is -0.130. The summed E-state index contributed by atoms with van der Waals surface area (Å²) >= 11 is 0. The molecule has 2 aliphatic rings. The first-order valence-electron chi connectivity index (χ1n) is 6.13. The molecular formula is C11H21NO3S. The molecule has 4 nitrogen and oxygen atoms in total. The number of nitrogens with two attached hydrogens (primary N) is 1. The Morgan fingerprint density at radius 2 is 1.81 bits per heavy atom. The number of hydrogen-bond acceptors (Lipinski definition) is 4. The summed E-state index contributed by atoms with van der Waals surface area (Å²) in [5.74, 6) is 0. The lowest BCUT2D eigenvalue weighted by molar-refractivity contribution is 0.126. The van der Waals surface area contributed by atoms with Crippen molar-refractivity contribution < 1.29 is 13.2 Å². The topological polar surface area (TPSA) is 69.4 Å². The maximum Gasteiger partial charge on any atom is 0.160 e. The summed E-state index contributed by atoms with van der Waals surface area (Å²) in [6, 6.07) is -0.174. The predicted octanol–water partition coefficient (Wildman–Crippen LogP) is 0.849. The number of rotatable bonds is 2. The van der Waals surface area contributed by atoms with Crippen LogP contribution in [-0.4, -0.2) is 37.7 Å². The van der Waals surface area contributed by atoms with E-state index in [1.54, 1.807) is 0 Å². The maximum atomic E-state index is 12.4. The lowest BCUT2D eigenvalue weighted by Crippen LogP contribution is -2.47. The summed E-state index contributed by atoms with van der Waals surface area (Å²) in [4.78, 5) is 0. The molecule has 0 aromatic rings. The third-order valence-electron chi connectivity index (χ3n) is 3.90. The van der Waals surface area contributed by atoms with Gasteiger partial charge in [0.1, 0.15) is 0 Å². The minimum absolute atomic E-state index is 0.167. The van der Waals surface area contributed by atoms with E-state index in [2.05, 4.69) is 0 Å². The third-order valence-corrected chi connectivity index (χ3v) is 6.80. The standard InChI is InChI=1S/C11H21NO3S/c1-8-10(6-7-15-8)16(13,14)11-5-3-2-4-9(11)12/h8-11H,2-7,12H2,1H3. The van der Waals surface area contributed by atoms with Gasteiger partial charge in [-0.15, -0.1) is 0 Å². The zero-order valence-electron chi connectivity index (χ0n) is 9.76. The van der Waals surface area contributed by atoms with Gasteiger partial charge in [0.25, 0.3) is 0 Å². The van der Waals surface area contributed by atoms with Gasteiger partial charge in [-0.3, -0.25) is 0 Å². The first-order chi connectivity index (χ1) is 7.53. The molecule has 2 N–H and O–H groups in total. The number of ether oxygens (including phenoxy) is 1. The lowest BCUT2D eigenvalue weighted by atomic mass is 9.96. The molecule has 4 unspecified atom stereocenters. The summed E-state index contributed by atoms with van der Waals surface area (Å²) in [6.07, 6.45) is 4.08. The van der Waals surface area contributed by atoms with E-state index in [0.717, 1.165) is 25.7 Å². The largest absolute Gasteiger partial charge is 0.377 e. The van der Waals surface area contributed by atoms with Crippen molar-refractivity contribution >= 4 is 9.84 Å². The van der Waals surface area contributed by atoms with E-state index in [0.29, 0.717) is 13.0 Å². The fourth-order valence-corrected chi connectivity index (χ4v) is 5.51. The van der Waals surface area contributed by atoms with E-state index in [1.165, 1.54) is 0 Å². The van der Waals surface area contributed by atoms with Crippen LogP contribution >= 0.6 is 0 Å². The van der Waals surface area contributed by atoms with E-state index in [4.69, 9.17) is 10.5 Å². The Labute approximate surface area is 97.5 Å². The van der Waals surface area contributed by atoms with Crippen LogP contribution in [0.15, 0.2) is 0 Å². The zero-order chi connectivity index (χ0) is 11.8. The number of hydrogen-bond donors (Lipinski definition) is 1. The van der Waals surface area contributed by atoms with Gasteiger partial charge < -0.3 is 10.5 Å². The van der Waals surface area contributed by atoms with Crippen LogP contribution in [0.3, 0.4) is 0 Å². The molecular weight excluding hydrogens is 226 g/mol. The molecule has 1 heterocycles. The van der Waals surface area contributed by atoms with Gasteiger partial charge in [0, 0.05) is 12.6 Å². The van der Waals surface area contributed by atoms with Crippen molar-refractivity contribution in [1.29, 1.82) is 0 Å². The Morgan fingerprint density at radius 1 is 1.12 bits per heavy atom. The molecule has 0 radical (unpaired) electrons.